The molecule has 4 aliphatic carbocycles. The number of nitrogens with one attached hydrogen (secondary N) is 2. The molecule has 0 bridgehead atoms. The Bertz CT molecular complexity index is 4550. The molecular weight excluding hydrogens is 1750 g/mol. The third-order valence-corrected chi connectivity index (χ3v) is 22.4. The zero-order valence-electron chi connectivity index (χ0n) is 67.7. The summed E-state index contributed by atoms with van der Waals surface area (Å²) in [4.78, 5) is 51.1. The van der Waals surface area contributed by atoms with Crippen LogP contribution in [0, 0.1) is 46.9 Å². The van der Waals surface area contributed by atoms with Gasteiger partial charge in [-0.3, -0.25) is 33.3 Å². The summed E-state index contributed by atoms with van der Waals surface area (Å²) >= 11 is 0. The van der Waals surface area contributed by atoms with Crippen LogP contribution in [0.2, 0.25) is 0 Å². The zero-order valence-corrected chi connectivity index (χ0v) is 70.1. The molecule has 8 fully saturated rings. The van der Waals surface area contributed by atoms with E-state index in [1.807, 2.05) is 0 Å². The van der Waals surface area contributed by atoms with E-state index in [1.54, 1.807) is 30.7 Å². The lowest BCUT2D eigenvalue weighted by molar-refractivity contribution is -0.156. The second-order valence-corrected chi connectivity index (χ2v) is 36.7. The number of benzene rings is 4. The van der Waals surface area contributed by atoms with Gasteiger partial charge in [-0.1, -0.05) is 13.8 Å². The highest BCUT2D eigenvalue weighted by Gasteiger charge is 2.49. The number of aromatic carboxylic acids is 1. The van der Waals surface area contributed by atoms with Gasteiger partial charge in [0, 0.05) is 37.1 Å². The van der Waals surface area contributed by atoms with Crippen LogP contribution in [0.5, 0.6) is 23.0 Å². The summed E-state index contributed by atoms with van der Waals surface area (Å²) in [6.45, 7) is 4.03. The van der Waals surface area contributed by atoms with Gasteiger partial charge in [0.25, 0.3) is 5.91 Å². The normalized spacial score (nSPS) is 18.4. The highest BCUT2D eigenvalue weighted by molar-refractivity contribution is 7.89. The number of nitrogens with two attached hydrogens (primary N) is 1. The van der Waals surface area contributed by atoms with E-state index in [0.29, 0.717) is 156 Å². The molecule has 694 valence electrons. The lowest BCUT2D eigenvalue weighted by Gasteiger charge is -2.32. The summed E-state index contributed by atoms with van der Waals surface area (Å²) in [5, 5.41) is 16.7. The molecule has 0 atom stereocenters. The number of nitrogens with zero attached hydrogens (tertiary/aromatic N) is 3. The van der Waals surface area contributed by atoms with Crippen LogP contribution in [-0.2, 0) is 34.3 Å². The summed E-state index contributed by atoms with van der Waals surface area (Å²) in [7, 11) is -13.1. The average molecular weight is 1850 g/mol. The van der Waals surface area contributed by atoms with E-state index in [0.717, 1.165) is 113 Å². The molecule has 8 aliphatic rings. The molecule has 0 unspecified atom stereocenters. The van der Waals surface area contributed by atoms with Gasteiger partial charge < -0.3 is 29.4 Å². The van der Waals surface area contributed by atoms with Crippen LogP contribution in [-0.4, -0.2) is 216 Å². The van der Waals surface area contributed by atoms with Crippen molar-refractivity contribution in [2.75, 3.05) is 118 Å². The molecule has 4 saturated heterocycles. The standard InChI is InChI=1S/C20H25F4NO2.C19H24F4N2O4S.C18H21F4NO3.C18H24FNO2.C3H2F6O3S.CH5NO2S/c1-2-18(26)16-9-15(14-3-4-14)19(10-17(16)21)27-11-13-5-7-25(8-6-13)12-20(22,23)24;1-30(27,28)24-18(26)15-8-14(13-2-3-13)17(9-16(15)20)29-10-12-4-6-25(7-5-12)11-19(21,22)23;19-15-8-16(13(12-1-2-12)7-14(15)17(24)25)26-9-11-3-5-23(6-4-11)10-18(20,21)22;1-2-17(21)15-9-14(13-3-4-13)18(10-16(15)19)22-11-12-5-7-20-8-6-12;4-2(5,6)1-12-13(10,11)3(7,8)9;1-5(2,3)4/h9-10,13-14H,2-8,11-12H2,1H3;8-9,12-13H,2-7,10-11H2,1H3,(H,24,26);7-8,11-12H,1-6,9-10H2,(H,24,25);9-10,12-13,20H,2-8,11H2,1H3;1H2;1H3,(H2,2,3,4). The van der Waals surface area contributed by atoms with Crippen molar-refractivity contribution in [3.05, 3.63) is 116 Å². The number of piperidine rings is 4. The zero-order chi connectivity index (χ0) is 91.5. The number of alkyl halides is 15. The van der Waals surface area contributed by atoms with Gasteiger partial charge in [0.05, 0.1) is 80.8 Å². The smallest absolute Gasteiger partial charge is 0.493 e. The summed E-state index contributed by atoms with van der Waals surface area (Å²) in [6, 6.07) is 11.0. The van der Waals surface area contributed by atoms with Crippen LogP contribution >= 0.6 is 0 Å². The Labute approximate surface area is 700 Å². The first-order valence-corrected chi connectivity index (χ1v) is 45.0. The van der Waals surface area contributed by atoms with Crippen LogP contribution in [0.25, 0.3) is 0 Å². The van der Waals surface area contributed by atoms with Gasteiger partial charge in [-0.2, -0.15) is 74.3 Å². The highest BCUT2D eigenvalue weighted by atomic mass is 32.2. The van der Waals surface area contributed by atoms with E-state index in [-0.39, 0.29) is 76.4 Å². The number of likely N-dealkylation sites (tertiary alicyclic amines) is 3. The second-order valence-electron chi connectivity index (χ2n) is 31.7. The molecule has 4 aromatic rings. The number of Topliss-reactive ketones (excluding diaryl/α,β-unsaturated/α-hetero) is 2. The Hall–Kier alpha value is -7.36. The molecule has 4 heterocycles. The number of rotatable bonds is 28. The van der Waals surface area contributed by atoms with E-state index >= 15 is 0 Å². The van der Waals surface area contributed by atoms with Gasteiger partial charge in [0.15, 0.2) is 18.2 Å². The number of hydrogen-bond acceptors (Lipinski definition) is 19. The van der Waals surface area contributed by atoms with E-state index in [1.165, 1.54) is 39.0 Å². The minimum atomic E-state index is -6.15. The van der Waals surface area contributed by atoms with Crippen molar-refractivity contribution in [2.24, 2.45) is 28.8 Å². The van der Waals surface area contributed by atoms with Crippen LogP contribution < -0.4 is 34.1 Å². The molecule has 0 aromatic heterocycles. The largest absolute Gasteiger partial charge is 0.523 e. The maximum absolute atomic E-state index is 14.5. The highest BCUT2D eigenvalue weighted by Crippen LogP contribution is 2.49. The molecule has 1 amide bonds. The fourth-order valence-electron chi connectivity index (χ4n) is 13.8. The predicted octanol–water partition coefficient (Wildman–Crippen LogP) is 16.0. The van der Waals surface area contributed by atoms with Crippen LogP contribution in [0.3, 0.4) is 0 Å². The minimum absolute atomic E-state index is 0.0535. The predicted molar refractivity (Wildman–Crippen MR) is 411 cm³/mol. The fourth-order valence-corrected chi connectivity index (χ4v) is 14.7. The molecule has 4 aromatic carbocycles. The first-order chi connectivity index (χ1) is 57.0. The van der Waals surface area contributed by atoms with Gasteiger partial charge in [-0.25, -0.2) is 49.1 Å². The maximum atomic E-state index is 14.5. The average Bonchev–Trinajstić information content (AvgIpc) is 1.72. The Morgan fingerprint density at radius 2 is 0.683 bits per heavy atom. The number of halogens is 19. The Morgan fingerprint density at radius 1 is 0.423 bits per heavy atom. The van der Waals surface area contributed by atoms with Gasteiger partial charge >= 0.3 is 46.3 Å². The number of carbonyl (C=O) groups is 4. The van der Waals surface area contributed by atoms with Crippen LogP contribution in [0.15, 0.2) is 48.5 Å². The van der Waals surface area contributed by atoms with Crippen LogP contribution in [0.4, 0.5) is 83.4 Å². The monoisotopic (exact) mass is 1850 g/mol. The quantitative estimate of drug-likeness (QED) is 0.0178. The van der Waals surface area contributed by atoms with Crippen molar-refractivity contribution in [3.8, 4) is 23.0 Å². The summed E-state index contributed by atoms with van der Waals surface area (Å²) in [5.41, 5.74) is -2.98. The Kier molecular flexibility index (Phi) is 37.1. The molecule has 0 radical (unpaired) electrons. The number of ether oxygens (including phenoxy) is 4. The topological polar surface area (TPSA) is 297 Å². The van der Waals surface area contributed by atoms with E-state index < -0.39 is 122 Å². The molecule has 4 saturated carbocycles. The van der Waals surface area contributed by atoms with Gasteiger partial charge in [0.1, 0.15) is 46.3 Å². The Morgan fingerprint density at radius 3 is 0.927 bits per heavy atom. The number of amides is 1. The van der Waals surface area contributed by atoms with Crippen molar-refractivity contribution < 1.29 is 156 Å². The van der Waals surface area contributed by atoms with Gasteiger partial charge in [0.2, 0.25) is 20.0 Å². The summed E-state index contributed by atoms with van der Waals surface area (Å²) in [6.07, 6.45) is -1.90. The molecule has 44 heteroatoms. The van der Waals surface area contributed by atoms with Crippen molar-refractivity contribution in [2.45, 2.75) is 183 Å². The lowest BCUT2D eigenvalue weighted by atomic mass is 9.97. The molecule has 0 spiro atoms. The van der Waals surface area contributed by atoms with Gasteiger partial charge in [-0.05, 0) is 249 Å². The summed E-state index contributed by atoms with van der Waals surface area (Å²) in [5.74, 6) is -1.80. The first kappa shape index (κ1) is 103. The lowest BCUT2D eigenvalue weighted by Crippen LogP contribution is -2.41. The number of carboxylic acid groups (broad SMARTS) is 1. The molecular formula is C79H101F19N6O16S3. The van der Waals surface area contributed by atoms with E-state index in [9.17, 15) is 128 Å². The van der Waals surface area contributed by atoms with Crippen molar-refractivity contribution in [1.29, 1.82) is 0 Å². The van der Waals surface area contributed by atoms with E-state index in [2.05, 4.69) is 14.6 Å². The Balaban J connectivity index is 0.000000212. The number of carbonyl (C=O) groups excluding carboxylic acids is 3. The van der Waals surface area contributed by atoms with Crippen molar-refractivity contribution in [1.82, 2.24) is 24.7 Å². The maximum Gasteiger partial charge on any atom is 0.523 e. The molecule has 5 N–H and O–H groups in total. The molecule has 123 heavy (non-hydrogen) atoms. The third kappa shape index (κ3) is 36.9. The van der Waals surface area contributed by atoms with Gasteiger partial charge in [-0.15, -0.1) is 0 Å². The number of primary sulfonamides is 1. The summed E-state index contributed by atoms with van der Waals surface area (Å²) < 4.78 is 326. The fraction of sp³-hybridized carbons (Fsp3) is 0.646. The second kappa shape index (κ2) is 44.4. The number of carboxylic acids is 1. The molecule has 4 aliphatic heterocycles. The van der Waals surface area contributed by atoms with E-state index in [4.69, 9.17) is 24.1 Å². The minimum Gasteiger partial charge on any atom is -0.493 e. The van der Waals surface area contributed by atoms with Crippen molar-refractivity contribution in [3.63, 3.8) is 0 Å². The van der Waals surface area contributed by atoms with Crippen LogP contribution in [0.1, 0.15) is 217 Å². The number of hydrogen-bond donors (Lipinski definition) is 4. The number of ketones is 2. The molecule has 12 rings (SSSR count). The van der Waals surface area contributed by atoms with Crippen molar-refractivity contribution >= 4 is 53.6 Å². The SMILES string of the molecule is CCC(=O)c1cc(C2CC2)c(OCC2CCN(CC(F)(F)F)CC2)cc1F.CCC(=O)c1cc(C2CC2)c(OCC2CCNCC2)cc1F.CS(=O)(=O)NC(=O)c1cc(C2CC2)c(OCC2CCN(CC(F)(F)F)CC2)cc1F.CS(N)(=O)=O.O=C(O)c1cc(C2CC2)c(OCC2CCN(CC(F)(F)F)CC2)cc1F.O=S(=O)(OCC(F)(F)F)C(F)(F)F. The molecule has 22 nitrogen and oxygen atoms in total. The third-order valence-electron chi connectivity index (χ3n) is 20.8. The number of sulfonamides is 2. The first-order valence-electron chi connectivity index (χ1n) is 39.8.